The fourth-order valence-corrected chi connectivity index (χ4v) is 2.14. The van der Waals surface area contributed by atoms with Crippen molar-refractivity contribution in [3.05, 3.63) is 18.2 Å². The second-order valence-corrected chi connectivity index (χ2v) is 5.94. The molecule has 1 N–H and O–H groups in total. The minimum Gasteiger partial charge on any atom is -0.444 e. The molecule has 1 amide bonds. The van der Waals surface area contributed by atoms with Crippen molar-refractivity contribution in [3.8, 4) is 0 Å². The van der Waals surface area contributed by atoms with Crippen molar-refractivity contribution in [3.63, 3.8) is 0 Å². The first-order valence-corrected chi connectivity index (χ1v) is 7.35. The van der Waals surface area contributed by atoms with Crippen molar-refractivity contribution in [2.24, 2.45) is 0 Å². The number of carbonyl (C=O) groups excluding carboxylic acids is 1. The maximum absolute atomic E-state index is 11.6. The summed E-state index contributed by atoms with van der Waals surface area (Å²) >= 11 is 0. The molecule has 0 saturated heterocycles. The van der Waals surface area contributed by atoms with Crippen LogP contribution < -0.4 is 5.32 Å². The fourth-order valence-electron chi connectivity index (χ4n) is 2.14. The van der Waals surface area contributed by atoms with Crippen molar-refractivity contribution in [1.82, 2.24) is 14.9 Å². The van der Waals surface area contributed by atoms with Gasteiger partial charge in [-0.15, -0.1) is 0 Å². The minimum atomic E-state index is -0.457. The Kier molecular flexibility index (Phi) is 6.05. The third-order valence-electron chi connectivity index (χ3n) is 3.13. The highest BCUT2D eigenvalue weighted by Crippen LogP contribution is 2.17. The topological polar surface area (TPSA) is 56.2 Å². The quantitative estimate of drug-likeness (QED) is 0.870. The molecule has 0 aliphatic heterocycles. The summed E-state index contributed by atoms with van der Waals surface area (Å²) in [7, 11) is 0. The molecule has 1 rings (SSSR count). The van der Waals surface area contributed by atoms with Gasteiger partial charge in [-0.3, -0.25) is 0 Å². The van der Waals surface area contributed by atoms with Gasteiger partial charge in [-0.25, -0.2) is 9.78 Å². The van der Waals surface area contributed by atoms with Gasteiger partial charge in [0, 0.05) is 30.9 Å². The number of aromatic nitrogens is 2. The molecule has 5 heteroatoms. The van der Waals surface area contributed by atoms with Crippen LogP contribution in [0.3, 0.4) is 0 Å². The van der Waals surface area contributed by atoms with Crippen molar-refractivity contribution in [2.45, 2.75) is 65.5 Å². The average Bonchev–Trinajstić information content (AvgIpc) is 2.77. The second kappa shape index (κ2) is 7.31. The van der Waals surface area contributed by atoms with Gasteiger partial charge in [-0.1, -0.05) is 13.8 Å². The van der Waals surface area contributed by atoms with Gasteiger partial charge >= 0.3 is 6.09 Å². The summed E-state index contributed by atoms with van der Waals surface area (Å²) in [5.41, 5.74) is 0.691. The molecule has 1 aromatic rings. The molecule has 0 aliphatic rings. The Balaban J connectivity index is 2.47. The van der Waals surface area contributed by atoms with Crippen molar-refractivity contribution in [1.29, 1.82) is 0 Å². The Hall–Kier alpha value is -1.52. The van der Waals surface area contributed by atoms with Crippen LogP contribution in [-0.4, -0.2) is 27.8 Å². The van der Waals surface area contributed by atoms with Crippen LogP contribution in [0.4, 0.5) is 4.79 Å². The number of nitrogens with one attached hydrogen (secondary N) is 1. The zero-order valence-corrected chi connectivity index (χ0v) is 13.3. The van der Waals surface area contributed by atoms with Crippen LogP contribution in [0.1, 0.15) is 59.2 Å². The monoisotopic (exact) mass is 281 g/mol. The number of hydrogen-bond donors (Lipinski definition) is 1. The zero-order valence-electron chi connectivity index (χ0n) is 13.3. The third-order valence-corrected chi connectivity index (χ3v) is 3.13. The number of ether oxygens (including phenoxy) is 1. The Morgan fingerprint density at radius 1 is 1.40 bits per heavy atom. The molecule has 0 radical (unpaired) electrons. The standard InChI is InChI=1S/C15H27N3O2/c1-6-12(7-2)18-11-16-10-13(18)8-9-17-14(19)20-15(3,4)5/h10-12H,6-9H2,1-5H3,(H,17,19). The molecule has 114 valence electrons. The summed E-state index contributed by atoms with van der Waals surface area (Å²) in [6.45, 7) is 10.5. The van der Waals surface area contributed by atoms with Crippen LogP contribution in [0.15, 0.2) is 12.5 Å². The van der Waals surface area contributed by atoms with Gasteiger partial charge in [0.25, 0.3) is 0 Å². The van der Waals surface area contributed by atoms with E-state index in [4.69, 9.17) is 4.74 Å². The fraction of sp³-hybridized carbons (Fsp3) is 0.733. The molecule has 0 fully saturated rings. The van der Waals surface area contributed by atoms with E-state index >= 15 is 0 Å². The van der Waals surface area contributed by atoms with E-state index < -0.39 is 5.60 Å². The van der Waals surface area contributed by atoms with E-state index in [0.717, 1.165) is 25.0 Å². The highest BCUT2D eigenvalue weighted by atomic mass is 16.6. The summed E-state index contributed by atoms with van der Waals surface area (Å²) in [5, 5.41) is 2.78. The van der Waals surface area contributed by atoms with E-state index in [1.165, 1.54) is 0 Å². The highest BCUT2D eigenvalue weighted by Gasteiger charge is 2.16. The van der Waals surface area contributed by atoms with Crippen molar-refractivity contribution in [2.75, 3.05) is 6.54 Å². The Bertz CT molecular complexity index is 417. The third kappa shape index (κ3) is 5.23. The number of amides is 1. The van der Waals surface area contributed by atoms with E-state index in [1.807, 2.05) is 33.3 Å². The van der Waals surface area contributed by atoms with Gasteiger partial charge in [0.2, 0.25) is 0 Å². The number of alkyl carbamates (subject to hydrolysis) is 1. The first-order valence-electron chi connectivity index (χ1n) is 7.35. The lowest BCUT2D eigenvalue weighted by Crippen LogP contribution is -2.33. The predicted molar refractivity (Wildman–Crippen MR) is 79.8 cm³/mol. The smallest absolute Gasteiger partial charge is 0.407 e. The normalized spacial score (nSPS) is 11.7. The molecule has 0 saturated carbocycles. The van der Waals surface area contributed by atoms with Crippen molar-refractivity contribution < 1.29 is 9.53 Å². The van der Waals surface area contributed by atoms with Gasteiger partial charge in [0.15, 0.2) is 0 Å². The summed E-state index contributed by atoms with van der Waals surface area (Å²) in [6, 6.07) is 0.481. The lowest BCUT2D eigenvalue weighted by Gasteiger charge is -2.20. The van der Waals surface area contributed by atoms with Gasteiger partial charge in [0.05, 0.1) is 6.33 Å². The van der Waals surface area contributed by atoms with Gasteiger partial charge < -0.3 is 14.6 Å². The number of carbonyl (C=O) groups is 1. The van der Waals surface area contributed by atoms with E-state index in [2.05, 4.69) is 28.7 Å². The SMILES string of the molecule is CCC(CC)n1cncc1CCNC(=O)OC(C)(C)C. The van der Waals surface area contributed by atoms with E-state index in [0.29, 0.717) is 12.6 Å². The average molecular weight is 281 g/mol. The maximum Gasteiger partial charge on any atom is 0.407 e. The molecule has 0 bridgehead atoms. The van der Waals surface area contributed by atoms with Crippen LogP contribution >= 0.6 is 0 Å². The van der Waals surface area contributed by atoms with Crippen LogP contribution in [-0.2, 0) is 11.2 Å². The molecule has 1 heterocycles. The molecule has 0 aromatic carbocycles. The molecule has 20 heavy (non-hydrogen) atoms. The summed E-state index contributed by atoms with van der Waals surface area (Å²) in [6.07, 6.45) is 6.30. The lowest BCUT2D eigenvalue weighted by atomic mass is 10.1. The highest BCUT2D eigenvalue weighted by molar-refractivity contribution is 5.67. The molecule has 1 aromatic heterocycles. The van der Waals surface area contributed by atoms with E-state index in [9.17, 15) is 4.79 Å². The number of hydrogen-bond acceptors (Lipinski definition) is 3. The summed E-state index contributed by atoms with van der Waals surface area (Å²) in [4.78, 5) is 15.8. The molecule has 0 aliphatic carbocycles. The van der Waals surface area contributed by atoms with E-state index in [-0.39, 0.29) is 6.09 Å². The Morgan fingerprint density at radius 2 is 2.05 bits per heavy atom. The summed E-state index contributed by atoms with van der Waals surface area (Å²) in [5.74, 6) is 0. The van der Waals surface area contributed by atoms with Gasteiger partial charge in [0.1, 0.15) is 5.60 Å². The molecule has 0 atom stereocenters. The van der Waals surface area contributed by atoms with Crippen LogP contribution in [0, 0.1) is 0 Å². The number of imidazole rings is 1. The Labute approximate surface area is 121 Å². The van der Waals surface area contributed by atoms with Crippen LogP contribution in [0.2, 0.25) is 0 Å². The molecule has 0 unspecified atom stereocenters. The molecule has 0 spiro atoms. The van der Waals surface area contributed by atoms with E-state index in [1.54, 1.807) is 0 Å². The van der Waals surface area contributed by atoms with Crippen LogP contribution in [0.25, 0.3) is 0 Å². The van der Waals surface area contributed by atoms with Crippen LogP contribution in [0.5, 0.6) is 0 Å². The summed E-state index contributed by atoms with van der Waals surface area (Å²) < 4.78 is 7.41. The zero-order chi connectivity index (χ0) is 15.2. The second-order valence-electron chi connectivity index (χ2n) is 5.94. The molecular weight excluding hydrogens is 254 g/mol. The number of rotatable bonds is 6. The first kappa shape index (κ1) is 16.5. The molecular formula is C15H27N3O2. The largest absolute Gasteiger partial charge is 0.444 e. The predicted octanol–water partition coefficient (Wildman–Crippen LogP) is 3.31. The maximum atomic E-state index is 11.6. The van der Waals surface area contributed by atoms with Gasteiger partial charge in [-0.05, 0) is 33.6 Å². The minimum absolute atomic E-state index is 0.369. The number of nitrogens with zero attached hydrogens (tertiary/aromatic N) is 2. The van der Waals surface area contributed by atoms with Crippen molar-refractivity contribution >= 4 is 6.09 Å². The first-order chi connectivity index (χ1) is 9.37. The lowest BCUT2D eigenvalue weighted by molar-refractivity contribution is 0.0528. The molecule has 5 nitrogen and oxygen atoms in total. The van der Waals surface area contributed by atoms with Gasteiger partial charge in [-0.2, -0.15) is 0 Å². The Morgan fingerprint density at radius 3 is 2.60 bits per heavy atom.